The number of carbonyl (C=O) groups excluding carboxylic acids is 1. The summed E-state index contributed by atoms with van der Waals surface area (Å²) in [5, 5.41) is 20.7. The van der Waals surface area contributed by atoms with Crippen molar-refractivity contribution in [3.63, 3.8) is 0 Å². The number of rotatable bonds is 3. The van der Waals surface area contributed by atoms with Gasteiger partial charge >= 0.3 is 0 Å². The van der Waals surface area contributed by atoms with E-state index in [1.54, 1.807) is 12.1 Å². The lowest BCUT2D eigenvalue weighted by molar-refractivity contribution is -0.0606. The SMILES string of the molecule is O=C(c1ccc(F)cc1)N1CCCCN2[C@H](CO)[C@@H](c3ccc(C#CC4(O)CCCC4)cc3)[C@H]2C1. The Hall–Kier alpha value is -2.72. The van der Waals surface area contributed by atoms with Crippen LogP contribution in [-0.2, 0) is 0 Å². The number of carbonyl (C=O) groups is 1. The van der Waals surface area contributed by atoms with E-state index in [-0.39, 0.29) is 36.3 Å². The van der Waals surface area contributed by atoms with E-state index in [2.05, 4.69) is 28.9 Å². The zero-order chi connectivity index (χ0) is 24.4. The molecule has 3 aliphatic rings. The van der Waals surface area contributed by atoms with E-state index in [0.717, 1.165) is 56.2 Å². The minimum Gasteiger partial charge on any atom is -0.395 e. The van der Waals surface area contributed by atoms with Crippen LogP contribution < -0.4 is 0 Å². The lowest BCUT2D eigenvalue weighted by Gasteiger charge is -2.57. The summed E-state index contributed by atoms with van der Waals surface area (Å²) in [4.78, 5) is 17.4. The van der Waals surface area contributed by atoms with E-state index in [1.165, 1.54) is 12.1 Å². The molecule has 3 fully saturated rings. The van der Waals surface area contributed by atoms with Gasteiger partial charge in [0.25, 0.3) is 5.91 Å². The van der Waals surface area contributed by atoms with E-state index in [0.29, 0.717) is 18.7 Å². The van der Waals surface area contributed by atoms with E-state index < -0.39 is 5.60 Å². The van der Waals surface area contributed by atoms with Gasteiger partial charge in [-0.15, -0.1) is 0 Å². The van der Waals surface area contributed by atoms with Gasteiger partial charge in [0.2, 0.25) is 0 Å². The van der Waals surface area contributed by atoms with Gasteiger partial charge in [-0.2, -0.15) is 0 Å². The Labute approximate surface area is 206 Å². The summed E-state index contributed by atoms with van der Waals surface area (Å²) in [5.74, 6) is 5.88. The molecular formula is C29H33FN2O3. The molecule has 1 amide bonds. The summed E-state index contributed by atoms with van der Waals surface area (Å²) in [6.45, 7) is 2.23. The van der Waals surface area contributed by atoms with Crippen molar-refractivity contribution in [2.75, 3.05) is 26.2 Å². The van der Waals surface area contributed by atoms with E-state index in [4.69, 9.17) is 0 Å². The first-order chi connectivity index (χ1) is 17.0. The van der Waals surface area contributed by atoms with Gasteiger partial charge in [-0.3, -0.25) is 9.69 Å². The molecule has 0 aromatic heterocycles. The van der Waals surface area contributed by atoms with Crippen LogP contribution in [0.3, 0.4) is 0 Å². The Morgan fingerprint density at radius 1 is 1.00 bits per heavy atom. The topological polar surface area (TPSA) is 64.0 Å². The second-order valence-corrected chi connectivity index (χ2v) is 10.2. The Bertz CT molecular complexity index is 1100. The third-order valence-corrected chi connectivity index (χ3v) is 7.91. The molecule has 0 unspecified atom stereocenters. The third kappa shape index (κ3) is 4.99. The molecule has 0 radical (unpaired) electrons. The summed E-state index contributed by atoms with van der Waals surface area (Å²) in [5.41, 5.74) is 1.65. The zero-order valence-corrected chi connectivity index (χ0v) is 20.0. The molecule has 2 aromatic rings. The first kappa shape index (κ1) is 24.0. The van der Waals surface area contributed by atoms with Crippen LogP contribution in [0.4, 0.5) is 4.39 Å². The summed E-state index contributed by atoms with van der Waals surface area (Å²) in [6.07, 6.45) is 5.38. The molecule has 1 saturated carbocycles. The summed E-state index contributed by atoms with van der Waals surface area (Å²) < 4.78 is 13.4. The first-order valence-corrected chi connectivity index (χ1v) is 12.7. The maximum Gasteiger partial charge on any atom is 0.253 e. The minimum atomic E-state index is -0.853. The number of halogens is 1. The molecule has 2 heterocycles. The van der Waals surface area contributed by atoms with Gasteiger partial charge in [0.05, 0.1) is 6.61 Å². The van der Waals surface area contributed by atoms with Crippen molar-refractivity contribution in [1.29, 1.82) is 0 Å². The highest BCUT2D eigenvalue weighted by molar-refractivity contribution is 5.94. The second-order valence-electron chi connectivity index (χ2n) is 10.2. The second kappa shape index (κ2) is 10.1. The Morgan fingerprint density at radius 2 is 1.69 bits per heavy atom. The molecule has 6 heteroatoms. The number of aliphatic hydroxyl groups is 2. The number of fused-ring (bicyclic) bond motifs is 1. The van der Waals surface area contributed by atoms with Gasteiger partial charge in [0.1, 0.15) is 11.4 Å². The molecule has 184 valence electrons. The molecule has 2 saturated heterocycles. The maximum atomic E-state index is 13.4. The molecule has 3 atom stereocenters. The van der Waals surface area contributed by atoms with Crippen molar-refractivity contribution < 1.29 is 19.4 Å². The van der Waals surface area contributed by atoms with Gasteiger partial charge in [0.15, 0.2) is 0 Å². The van der Waals surface area contributed by atoms with Crippen LogP contribution in [-0.4, -0.2) is 69.8 Å². The van der Waals surface area contributed by atoms with Crippen LogP contribution in [0.1, 0.15) is 65.9 Å². The zero-order valence-electron chi connectivity index (χ0n) is 20.0. The molecule has 0 bridgehead atoms. The fourth-order valence-electron chi connectivity index (χ4n) is 5.96. The van der Waals surface area contributed by atoms with Crippen molar-refractivity contribution in [2.45, 2.75) is 62.1 Å². The highest BCUT2D eigenvalue weighted by Crippen LogP contribution is 2.42. The van der Waals surface area contributed by atoms with Crippen LogP contribution in [0.25, 0.3) is 0 Å². The van der Waals surface area contributed by atoms with Gasteiger partial charge in [-0.25, -0.2) is 4.39 Å². The Morgan fingerprint density at radius 3 is 2.37 bits per heavy atom. The number of hydrogen-bond acceptors (Lipinski definition) is 4. The van der Waals surface area contributed by atoms with Crippen molar-refractivity contribution >= 4 is 5.91 Å². The lowest BCUT2D eigenvalue weighted by atomic mass is 9.74. The molecule has 1 aliphatic carbocycles. The van der Waals surface area contributed by atoms with Crippen LogP contribution in [0.2, 0.25) is 0 Å². The lowest BCUT2D eigenvalue weighted by Crippen LogP contribution is -2.67. The van der Waals surface area contributed by atoms with E-state index in [1.807, 2.05) is 17.0 Å². The number of aliphatic hydroxyl groups excluding tert-OH is 1. The van der Waals surface area contributed by atoms with E-state index in [9.17, 15) is 19.4 Å². The highest BCUT2D eigenvalue weighted by Gasteiger charge is 2.49. The van der Waals surface area contributed by atoms with Gasteiger partial charge in [-0.1, -0.05) is 24.0 Å². The normalized spacial score (nSPS) is 26.0. The number of amides is 1. The van der Waals surface area contributed by atoms with Crippen LogP contribution in [0, 0.1) is 17.7 Å². The van der Waals surface area contributed by atoms with Gasteiger partial charge in [0, 0.05) is 42.2 Å². The number of benzene rings is 2. The predicted octanol–water partition coefficient (Wildman–Crippen LogP) is 3.55. The molecule has 5 nitrogen and oxygen atoms in total. The molecule has 35 heavy (non-hydrogen) atoms. The first-order valence-electron chi connectivity index (χ1n) is 12.7. The monoisotopic (exact) mass is 476 g/mol. The molecule has 0 spiro atoms. The number of hydrogen-bond donors (Lipinski definition) is 2. The van der Waals surface area contributed by atoms with Gasteiger partial charge in [-0.05, 0) is 87.0 Å². The number of nitrogens with zero attached hydrogens (tertiary/aromatic N) is 2. The molecule has 2 N–H and O–H groups in total. The quantitative estimate of drug-likeness (QED) is 0.666. The predicted molar refractivity (Wildman–Crippen MR) is 132 cm³/mol. The summed E-state index contributed by atoms with van der Waals surface area (Å²) in [6, 6.07) is 14.0. The van der Waals surface area contributed by atoms with Crippen LogP contribution in [0.15, 0.2) is 48.5 Å². The third-order valence-electron chi connectivity index (χ3n) is 7.91. The fraction of sp³-hybridized carbons (Fsp3) is 0.483. The average Bonchev–Trinajstić information content (AvgIpc) is 3.29. The molecular weight excluding hydrogens is 443 g/mol. The van der Waals surface area contributed by atoms with Crippen LogP contribution >= 0.6 is 0 Å². The Kier molecular flexibility index (Phi) is 6.93. The van der Waals surface area contributed by atoms with Crippen LogP contribution in [0.5, 0.6) is 0 Å². The summed E-state index contributed by atoms with van der Waals surface area (Å²) >= 11 is 0. The van der Waals surface area contributed by atoms with E-state index >= 15 is 0 Å². The van der Waals surface area contributed by atoms with Gasteiger partial charge < -0.3 is 15.1 Å². The Balaban J connectivity index is 1.34. The smallest absolute Gasteiger partial charge is 0.253 e. The van der Waals surface area contributed by atoms with Crippen molar-refractivity contribution in [1.82, 2.24) is 9.80 Å². The summed E-state index contributed by atoms with van der Waals surface area (Å²) in [7, 11) is 0. The molecule has 2 aromatic carbocycles. The highest BCUT2D eigenvalue weighted by atomic mass is 19.1. The maximum absolute atomic E-state index is 13.4. The molecule has 5 rings (SSSR count). The molecule has 2 aliphatic heterocycles. The largest absolute Gasteiger partial charge is 0.395 e. The van der Waals surface area contributed by atoms with Crippen molar-refractivity contribution in [3.8, 4) is 11.8 Å². The fourth-order valence-corrected chi connectivity index (χ4v) is 5.96. The van der Waals surface area contributed by atoms with Crippen molar-refractivity contribution in [3.05, 3.63) is 71.0 Å². The minimum absolute atomic E-state index is 0.0250. The average molecular weight is 477 g/mol. The van der Waals surface area contributed by atoms with Crippen molar-refractivity contribution in [2.24, 2.45) is 0 Å². The standard InChI is InChI=1S/C29H33FN2O3/c30-24-11-9-23(10-12-24)28(34)31-17-3-4-18-32-25(19-31)27(26(32)20-33)22-7-5-21(6-8-22)13-16-29(35)14-1-2-15-29/h5-12,25-27,33,35H,1-4,14-15,17-20H2/t25-,26-,27+/m1/s1.